The van der Waals surface area contributed by atoms with Crippen molar-refractivity contribution < 1.29 is 82.3 Å². The van der Waals surface area contributed by atoms with Gasteiger partial charge in [-0.2, -0.15) is 0 Å². The van der Waals surface area contributed by atoms with E-state index in [1.165, 1.54) is 4.90 Å². The second kappa shape index (κ2) is 52.7. The van der Waals surface area contributed by atoms with Crippen LogP contribution in [-0.4, -0.2) is 235 Å². The van der Waals surface area contributed by atoms with E-state index in [9.17, 15) is 48.6 Å². The summed E-state index contributed by atoms with van der Waals surface area (Å²) in [6.07, 6.45) is 3.11. The first kappa shape index (κ1) is 104. The molecule has 7 aromatic carbocycles. The Morgan fingerprint density at radius 3 is 1.35 bits per heavy atom. The van der Waals surface area contributed by atoms with Crippen LogP contribution in [0.25, 0.3) is 0 Å². The Labute approximate surface area is 761 Å². The molecule has 0 aliphatic carbocycles. The second-order valence-corrected chi connectivity index (χ2v) is 34.8. The summed E-state index contributed by atoms with van der Waals surface area (Å²) in [5.41, 5.74) is 11.7. The molecule has 3 saturated heterocycles. The number of carboxylic acids is 2. The Morgan fingerprint density at radius 1 is 0.481 bits per heavy atom. The molecule has 15 unspecified atom stereocenters. The maximum atomic E-state index is 15.9. The SMILES string of the molecule is CCC(c1ccccc1)C(C(=O)OCCNC(=O)c1ccc(N(C)C)cc1)C(CC(c1ccccc1)C1C(=O)N(CCCN(C)C)C(=O)C1CC(c1ccccc1)C(C(=O)NCCCN(C)C)C(CC(c1ccccc1)C1C(=O)OC(=O)C1C)C(=O)O)C(=O)O.CCC(c1ccccc1)C1C(=O)NC(=O)C1C.CN(C)CCCN.CN(C)c1ccc(C(=O)CCCO)cc1. The van der Waals surface area contributed by atoms with E-state index in [0.29, 0.717) is 72.2 Å². The second-order valence-electron chi connectivity index (χ2n) is 34.8. The Kier molecular flexibility index (Phi) is 42.7. The van der Waals surface area contributed by atoms with Gasteiger partial charge in [-0.3, -0.25) is 67.8 Å². The Bertz CT molecular complexity index is 4720. The fraction of sp³-hybridized carbons (Fsp3) is 0.471. The number of aliphatic hydroxyl groups is 1. The van der Waals surface area contributed by atoms with Crippen LogP contribution in [0.5, 0.6) is 0 Å². The van der Waals surface area contributed by atoms with Crippen molar-refractivity contribution in [1.82, 2.24) is 35.6 Å². The van der Waals surface area contributed by atoms with Gasteiger partial charge in [-0.15, -0.1) is 0 Å². The molecule has 3 heterocycles. The number of nitrogens with zero attached hydrogens (tertiary/aromatic N) is 6. The summed E-state index contributed by atoms with van der Waals surface area (Å²) in [5.74, 6) is -22.5. The third kappa shape index (κ3) is 30.2. The van der Waals surface area contributed by atoms with Crippen LogP contribution in [-0.2, 0) is 57.4 Å². The molecule has 7 aromatic rings. The zero-order valence-corrected chi connectivity index (χ0v) is 77.5. The number of amides is 6. The lowest BCUT2D eigenvalue weighted by molar-refractivity contribution is -0.159. The van der Waals surface area contributed by atoms with Crippen molar-refractivity contribution in [2.75, 3.05) is 139 Å². The molecule has 3 fully saturated rings. The van der Waals surface area contributed by atoms with Crippen LogP contribution in [0.2, 0.25) is 0 Å². The normalized spacial score (nSPS) is 18.6. The van der Waals surface area contributed by atoms with Crippen molar-refractivity contribution in [2.24, 2.45) is 64.9 Å². The third-order valence-corrected chi connectivity index (χ3v) is 24.7. The molecular weight excluding hydrogens is 1640 g/mol. The number of hydrogen-bond donors (Lipinski definition) is 7. The van der Waals surface area contributed by atoms with Crippen LogP contribution in [0, 0.1) is 59.2 Å². The number of anilines is 2. The van der Waals surface area contributed by atoms with E-state index in [0.717, 1.165) is 42.9 Å². The molecule has 696 valence electrons. The van der Waals surface area contributed by atoms with Crippen molar-refractivity contribution in [3.63, 3.8) is 0 Å². The summed E-state index contributed by atoms with van der Waals surface area (Å²) >= 11 is 0. The highest BCUT2D eigenvalue weighted by Gasteiger charge is 2.56. The highest BCUT2D eigenvalue weighted by atomic mass is 16.6. The maximum absolute atomic E-state index is 15.9. The van der Waals surface area contributed by atoms with Crippen LogP contribution in [0.3, 0.4) is 0 Å². The van der Waals surface area contributed by atoms with Crippen molar-refractivity contribution in [3.05, 3.63) is 239 Å². The minimum absolute atomic E-state index is 0.0117. The molecule has 0 spiro atoms. The van der Waals surface area contributed by atoms with E-state index < -0.39 is 124 Å². The largest absolute Gasteiger partial charge is 0.481 e. The van der Waals surface area contributed by atoms with E-state index in [1.54, 1.807) is 134 Å². The fourth-order valence-electron chi connectivity index (χ4n) is 17.8. The Balaban J connectivity index is 0.000000473. The third-order valence-electron chi connectivity index (χ3n) is 24.7. The molecule has 27 heteroatoms. The van der Waals surface area contributed by atoms with Crippen LogP contribution in [0.4, 0.5) is 11.4 Å². The predicted octanol–water partition coefficient (Wildman–Crippen LogP) is 12.0. The number of ketones is 1. The lowest BCUT2D eigenvalue weighted by Gasteiger charge is -2.37. The molecule has 6 amide bonds. The number of Topliss-reactive ketones (excluding diaryl/α,β-unsaturated/α-hetero) is 1. The van der Waals surface area contributed by atoms with Gasteiger partial charge in [-0.25, -0.2) is 0 Å². The summed E-state index contributed by atoms with van der Waals surface area (Å²) in [5, 5.41) is 40.3. The number of nitrogens with two attached hydrogens (primary N) is 1. The van der Waals surface area contributed by atoms with Crippen molar-refractivity contribution in [3.8, 4) is 0 Å². The van der Waals surface area contributed by atoms with E-state index >= 15 is 19.2 Å². The molecule has 15 atom stereocenters. The molecule has 0 bridgehead atoms. The van der Waals surface area contributed by atoms with Crippen LogP contribution < -0.4 is 31.5 Å². The first-order valence-electron chi connectivity index (χ1n) is 44.9. The molecule has 8 N–H and O–H groups in total. The molecular formula is C102H136N10O17. The number of hydrogen-bond acceptors (Lipinski definition) is 21. The number of ether oxygens (including phenoxy) is 2. The number of carbonyl (C=O) groups excluding carboxylic acids is 10. The number of aliphatic carboxylic acids is 2. The van der Waals surface area contributed by atoms with Crippen molar-refractivity contribution in [2.45, 2.75) is 121 Å². The van der Waals surface area contributed by atoms with Gasteiger partial charge in [0.25, 0.3) is 5.91 Å². The van der Waals surface area contributed by atoms with Gasteiger partial charge < -0.3 is 65.7 Å². The van der Waals surface area contributed by atoms with Gasteiger partial charge in [0.2, 0.25) is 29.5 Å². The first-order valence-corrected chi connectivity index (χ1v) is 44.9. The highest BCUT2D eigenvalue weighted by Crippen LogP contribution is 2.52. The summed E-state index contributed by atoms with van der Waals surface area (Å²) in [4.78, 5) is 177. The number of aliphatic hydroxyl groups excluding tert-OH is 1. The van der Waals surface area contributed by atoms with Crippen LogP contribution in [0.15, 0.2) is 200 Å². The highest BCUT2D eigenvalue weighted by molar-refractivity contribution is 6.06. The summed E-state index contributed by atoms with van der Waals surface area (Å²) in [6, 6.07) is 59.7. The lowest BCUT2D eigenvalue weighted by Crippen LogP contribution is -2.44. The van der Waals surface area contributed by atoms with Crippen LogP contribution in [0.1, 0.15) is 170 Å². The van der Waals surface area contributed by atoms with E-state index in [4.69, 9.17) is 20.3 Å². The van der Waals surface area contributed by atoms with Gasteiger partial charge in [-0.05, 0) is 232 Å². The van der Waals surface area contributed by atoms with E-state index in [2.05, 4.69) is 41.9 Å². The Morgan fingerprint density at radius 2 is 0.930 bits per heavy atom. The topological polar surface area (TPSA) is 366 Å². The number of nitrogens with one attached hydrogen (secondary N) is 3. The predicted molar refractivity (Wildman–Crippen MR) is 500 cm³/mol. The number of benzene rings is 7. The zero-order valence-electron chi connectivity index (χ0n) is 77.5. The molecule has 3 aliphatic rings. The number of imide groups is 2. The average molecular weight is 1770 g/mol. The molecule has 0 saturated carbocycles. The van der Waals surface area contributed by atoms with E-state index in [-0.39, 0.29) is 93.9 Å². The molecule has 0 radical (unpaired) electrons. The average Bonchev–Trinajstić information content (AvgIpc) is 1.63. The number of rotatable bonds is 45. The molecule has 3 aliphatic heterocycles. The van der Waals surface area contributed by atoms with E-state index in [1.807, 2.05) is 163 Å². The monoisotopic (exact) mass is 1770 g/mol. The number of carboxylic acid groups (broad SMARTS) is 2. The minimum Gasteiger partial charge on any atom is -0.481 e. The van der Waals surface area contributed by atoms with Gasteiger partial charge in [0.05, 0.1) is 59.8 Å². The van der Waals surface area contributed by atoms with Gasteiger partial charge in [0, 0.05) is 82.7 Å². The number of likely N-dealkylation sites (tertiary alicyclic amines) is 1. The smallest absolute Gasteiger partial charge is 0.318 e. The minimum atomic E-state index is -1.59. The lowest BCUT2D eigenvalue weighted by atomic mass is 9.64. The number of carbonyl (C=O) groups is 12. The summed E-state index contributed by atoms with van der Waals surface area (Å²) < 4.78 is 11.2. The Hall–Kier alpha value is -11.6. The summed E-state index contributed by atoms with van der Waals surface area (Å²) in [6.45, 7) is 10.1. The number of cyclic esters (lactones) is 2. The van der Waals surface area contributed by atoms with Gasteiger partial charge in [0.15, 0.2) is 5.78 Å². The maximum Gasteiger partial charge on any atom is 0.318 e. The van der Waals surface area contributed by atoms with Gasteiger partial charge in [0.1, 0.15) is 6.61 Å². The van der Waals surface area contributed by atoms with Gasteiger partial charge >= 0.3 is 29.8 Å². The first-order chi connectivity index (χ1) is 61.7. The quantitative estimate of drug-likeness (QED) is 0.00613. The zero-order chi connectivity index (χ0) is 94.6. The van der Waals surface area contributed by atoms with Gasteiger partial charge in [-0.1, -0.05) is 179 Å². The number of esters is 3. The van der Waals surface area contributed by atoms with Crippen molar-refractivity contribution in [1.29, 1.82) is 0 Å². The fourth-order valence-corrected chi connectivity index (χ4v) is 17.8. The van der Waals surface area contributed by atoms with Crippen molar-refractivity contribution >= 4 is 82.4 Å². The summed E-state index contributed by atoms with van der Waals surface area (Å²) in [7, 11) is 19.3. The molecule has 0 aromatic heterocycles. The molecule has 27 nitrogen and oxygen atoms in total. The molecule has 129 heavy (non-hydrogen) atoms. The molecule has 10 rings (SSSR count). The standard InChI is InChI=1S/C71H88N6O13.C14H17NO2.C12H17NO2.C5H14N2/c1-9-52(46-24-14-10-15-25-46)62(70(87)89-41-37-73-63(78)50-32-34-51(35-33-50)76(7)8)58(68(84)85)44-55(49-30-20-13-21-31-49)61-56(65(80)77(66(61)81)40-23-39-75(5)6)42-54(48-28-18-12-19-29-48)60(64(79)72-36-22-38-74(3)4)57(67(82)83)43-53(47-26-16-11-17-27-47)59-45(2)69(86)90-71(59)88;1-3-11(10-7-5-4-6-8-10)12-9(2)13(16)15-14(12)17;1-13(2)11-7-5-10(6-8-11)12(15)4-3-9-14;1-7(2)5-3-4-6/h10-21,24-35,45,52-62H,9,22-23,36-44H2,1-8H3,(H,72,79)(H,73,78)(H,82,83)(H,84,85);4-9,11-12H,3H2,1-2H3,(H,15,16,17);5-8,14H,3-4,9H2,1-2H3;3-6H2,1-2H3. The van der Waals surface area contributed by atoms with Crippen LogP contribution >= 0.6 is 0 Å².